The molecule has 21 heavy (non-hydrogen) atoms. The van der Waals surface area contributed by atoms with E-state index in [0.29, 0.717) is 11.5 Å². The molecule has 0 radical (unpaired) electrons. The molecule has 1 aromatic rings. The van der Waals surface area contributed by atoms with Gasteiger partial charge in [0.2, 0.25) is 0 Å². The van der Waals surface area contributed by atoms with Crippen LogP contribution in [0.15, 0.2) is 46.6 Å². The molecule has 0 aromatic heterocycles. The van der Waals surface area contributed by atoms with Crippen LogP contribution in [0.4, 0.5) is 5.69 Å². The van der Waals surface area contributed by atoms with Gasteiger partial charge in [-0.3, -0.25) is 5.01 Å². The van der Waals surface area contributed by atoms with Gasteiger partial charge in [-0.15, -0.1) is 0 Å². The fourth-order valence-electron chi connectivity index (χ4n) is 4.08. The first-order valence-electron chi connectivity index (χ1n) is 8.07. The Morgan fingerprint density at radius 2 is 1.86 bits per heavy atom. The molecule has 0 fully saturated rings. The number of benzene rings is 1. The maximum absolute atomic E-state index is 4.83. The number of hydrazone groups is 1. The lowest BCUT2D eigenvalue weighted by Crippen LogP contribution is -2.37. The zero-order valence-corrected chi connectivity index (χ0v) is 13.7. The lowest BCUT2D eigenvalue weighted by atomic mass is 9.69. The SMILES string of the molecule is CC1=NN(c2ccccc2)[C@@H](C2=C(C)CCCC2(C)C)C1. The molecule has 0 N–H and O–H groups in total. The fourth-order valence-corrected chi connectivity index (χ4v) is 4.08. The summed E-state index contributed by atoms with van der Waals surface area (Å²) in [7, 11) is 0. The van der Waals surface area contributed by atoms with E-state index < -0.39 is 0 Å². The van der Waals surface area contributed by atoms with Gasteiger partial charge < -0.3 is 0 Å². The summed E-state index contributed by atoms with van der Waals surface area (Å²) in [5, 5.41) is 7.08. The van der Waals surface area contributed by atoms with Gasteiger partial charge in [0.1, 0.15) is 0 Å². The van der Waals surface area contributed by atoms with Crippen molar-refractivity contribution in [3.05, 3.63) is 41.5 Å². The summed E-state index contributed by atoms with van der Waals surface area (Å²) >= 11 is 0. The Labute approximate surface area is 128 Å². The number of hydrogen-bond donors (Lipinski definition) is 0. The predicted molar refractivity (Wildman–Crippen MR) is 90.8 cm³/mol. The summed E-state index contributed by atoms with van der Waals surface area (Å²) in [5.74, 6) is 0. The van der Waals surface area contributed by atoms with Gasteiger partial charge in [0.15, 0.2) is 0 Å². The molecule has 0 saturated carbocycles. The van der Waals surface area contributed by atoms with Crippen molar-refractivity contribution in [2.24, 2.45) is 10.5 Å². The minimum atomic E-state index is 0.292. The summed E-state index contributed by atoms with van der Waals surface area (Å²) in [5.41, 5.74) is 5.95. The summed E-state index contributed by atoms with van der Waals surface area (Å²) < 4.78 is 0. The van der Waals surface area contributed by atoms with Crippen LogP contribution in [-0.4, -0.2) is 11.8 Å². The van der Waals surface area contributed by atoms with Crippen molar-refractivity contribution < 1.29 is 0 Å². The number of rotatable bonds is 2. The van der Waals surface area contributed by atoms with Crippen LogP contribution in [0.25, 0.3) is 0 Å². The molecule has 1 heterocycles. The monoisotopic (exact) mass is 282 g/mol. The molecular formula is C19H26N2. The lowest BCUT2D eigenvalue weighted by Gasteiger charge is -2.40. The Balaban J connectivity index is 2.01. The van der Waals surface area contributed by atoms with E-state index in [0.717, 1.165) is 6.42 Å². The molecule has 3 rings (SSSR count). The maximum atomic E-state index is 4.83. The molecule has 0 bridgehead atoms. The second-order valence-corrected chi connectivity index (χ2v) is 7.17. The van der Waals surface area contributed by atoms with Crippen LogP contribution < -0.4 is 5.01 Å². The van der Waals surface area contributed by atoms with E-state index >= 15 is 0 Å². The normalized spacial score (nSPS) is 25.2. The molecular weight excluding hydrogens is 256 g/mol. The molecule has 2 aliphatic rings. The van der Waals surface area contributed by atoms with Crippen LogP contribution >= 0.6 is 0 Å². The number of hydrogen-bond acceptors (Lipinski definition) is 2. The highest BCUT2D eigenvalue weighted by molar-refractivity contribution is 5.87. The highest BCUT2D eigenvalue weighted by atomic mass is 15.5. The van der Waals surface area contributed by atoms with Gasteiger partial charge in [-0.25, -0.2) is 0 Å². The van der Waals surface area contributed by atoms with Gasteiger partial charge >= 0.3 is 0 Å². The van der Waals surface area contributed by atoms with E-state index in [2.05, 4.69) is 63.0 Å². The van der Waals surface area contributed by atoms with Crippen molar-refractivity contribution in [3.8, 4) is 0 Å². The van der Waals surface area contributed by atoms with Gasteiger partial charge in [-0.1, -0.05) is 37.6 Å². The van der Waals surface area contributed by atoms with Gasteiger partial charge in [-0.05, 0) is 56.2 Å². The van der Waals surface area contributed by atoms with Crippen LogP contribution in [0.2, 0.25) is 0 Å². The zero-order chi connectivity index (χ0) is 15.0. The number of para-hydroxylation sites is 1. The second-order valence-electron chi connectivity index (χ2n) is 7.17. The summed E-state index contributed by atoms with van der Waals surface area (Å²) in [6.45, 7) is 9.29. The third kappa shape index (κ3) is 2.64. The van der Waals surface area contributed by atoms with Gasteiger partial charge in [0, 0.05) is 12.1 Å². The van der Waals surface area contributed by atoms with Gasteiger partial charge in [0.05, 0.1) is 11.7 Å². The largest absolute Gasteiger partial charge is 0.258 e. The Morgan fingerprint density at radius 1 is 1.14 bits per heavy atom. The molecule has 1 aliphatic heterocycles. The molecule has 1 aliphatic carbocycles. The van der Waals surface area contributed by atoms with Gasteiger partial charge in [0.25, 0.3) is 0 Å². The van der Waals surface area contributed by atoms with E-state index in [4.69, 9.17) is 5.10 Å². The van der Waals surface area contributed by atoms with E-state index in [1.54, 1.807) is 11.1 Å². The average Bonchev–Trinajstić information content (AvgIpc) is 2.80. The quantitative estimate of drug-likeness (QED) is 0.683. The molecule has 0 unspecified atom stereocenters. The minimum absolute atomic E-state index is 0.292. The Hall–Kier alpha value is -1.57. The molecule has 1 aromatic carbocycles. The number of anilines is 1. The average molecular weight is 282 g/mol. The second kappa shape index (κ2) is 5.32. The van der Waals surface area contributed by atoms with Crippen molar-refractivity contribution in [3.63, 3.8) is 0 Å². The summed E-state index contributed by atoms with van der Waals surface area (Å²) in [6, 6.07) is 11.0. The Kier molecular flexibility index (Phi) is 3.64. The van der Waals surface area contributed by atoms with Crippen LogP contribution in [0.3, 0.4) is 0 Å². The fraction of sp³-hybridized carbons (Fsp3) is 0.526. The first-order chi connectivity index (χ1) is 9.99. The third-order valence-corrected chi connectivity index (χ3v) is 4.96. The van der Waals surface area contributed by atoms with Crippen molar-refractivity contribution in [2.45, 2.75) is 59.4 Å². The van der Waals surface area contributed by atoms with Crippen LogP contribution in [0.5, 0.6) is 0 Å². The first-order valence-corrected chi connectivity index (χ1v) is 8.07. The third-order valence-electron chi connectivity index (χ3n) is 4.96. The molecule has 0 spiro atoms. The molecule has 2 heteroatoms. The van der Waals surface area contributed by atoms with Crippen molar-refractivity contribution in [1.29, 1.82) is 0 Å². The molecule has 112 valence electrons. The van der Waals surface area contributed by atoms with Gasteiger partial charge in [-0.2, -0.15) is 5.10 Å². The van der Waals surface area contributed by atoms with Crippen LogP contribution in [0, 0.1) is 5.41 Å². The van der Waals surface area contributed by atoms with E-state index in [1.165, 1.54) is 30.7 Å². The van der Waals surface area contributed by atoms with Crippen LogP contribution in [0.1, 0.15) is 53.4 Å². The number of nitrogens with zero attached hydrogens (tertiary/aromatic N) is 2. The Bertz CT molecular complexity index is 581. The van der Waals surface area contributed by atoms with E-state index in [9.17, 15) is 0 Å². The number of allylic oxidation sites excluding steroid dienone is 1. The van der Waals surface area contributed by atoms with Crippen molar-refractivity contribution in [2.75, 3.05) is 5.01 Å². The smallest absolute Gasteiger partial charge is 0.0795 e. The topological polar surface area (TPSA) is 15.6 Å². The van der Waals surface area contributed by atoms with E-state index in [-0.39, 0.29) is 0 Å². The molecule has 1 atom stereocenters. The van der Waals surface area contributed by atoms with Crippen molar-refractivity contribution >= 4 is 11.4 Å². The molecule has 2 nitrogen and oxygen atoms in total. The standard InChI is InChI=1S/C19H26N2/c1-14-9-8-12-19(3,4)18(14)17-13-15(2)20-21(17)16-10-6-5-7-11-16/h5-7,10-11,17H,8-9,12-13H2,1-4H3/t17-/m1/s1. The highest BCUT2D eigenvalue weighted by Crippen LogP contribution is 2.45. The minimum Gasteiger partial charge on any atom is -0.258 e. The van der Waals surface area contributed by atoms with Crippen LogP contribution in [-0.2, 0) is 0 Å². The first kappa shape index (κ1) is 14.4. The molecule has 0 amide bonds. The van der Waals surface area contributed by atoms with E-state index in [1.807, 2.05) is 0 Å². The highest BCUT2D eigenvalue weighted by Gasteiger charge is 2.39. The molecule has 0 saturated heterocycles. The Morgan fingerprint density at radius 3 is 2.52 bits per heavy atom. The predicted octanol–water partition coefficient (Wildman–Crippen LogP) is 5.17. The maximum Gasteiger partial charge on any atom is 0.0795 e. The summed E-state index contributed by atoms with van der Waals surface area (Å²) in [6.07, 6.45) is 4.92. The van der Waals surface area contributed by atoms with Crippen molar-refractivity contribution in [1.82, 2.24) is 0 Å². The zero-order valence-electron chi connectivity index (χ0n) is 13.7. The summed E-state index contributed by atoms with van der Waals surface area (Å²) in [4.78, 5) is 0. The lowest BCUT2D eigenvalue weighted by molar-refractivity contribution is 0.343.